The zero-order valence-corrected chi connectivity index (χ0v) is 13.7. The molecule has 0 aliphatic carbocycles. The number of hydrogen-bond acceptors (Lipinski definition) is 4. The molecule has 1 aromatic heterocycles. The predicted octanol–water partition coefficient (Wildman–Crippen LogP) is 3.98. The van der Waals surface area contributed by atoms with Crippen LogP contribution >= 0.6 is 15.9 Å². The minimum atomic E-state index is 0.329. The molecule has 0 spiro atoms. The predicted molar refractivity (Wildman–Crippen MR) is 82.7 cm³/mol. The van der Waals surface area contributed by atoms with Crippen LogP contribution in [0.2, 0.25) is 0 Å². The minimum absolute atomic E-state index is 0.329. The van der Waals surface area contributed by atoms with Gasteiger partial charge in [0.25, 0.3) is 0 Å². The van der Waals surface area contributed by atoms with Crippen LogP contribution in [-0.4, -0.2) is 29.7 Å². The molecule has 0 amide bonds. The highest BCUT2D eigenvalue weighted by Crippen LogP contribution is 2.17. The van der Waals surface area contributed by atoms with Crippen molar-refractivity contribution in [3.05, 3.63) is 16.5 Å². The Labute approximate surface area is 124 Å². The van der Waals surface area contributed by atoms with Crippen LogP contribution in [0.4, 0.5) is 5.82 Å². The van der Waals surface area contributed by atoms with E-state index in [1.54, 1.807) is 0 Å². The quantitative estimate of drug-likeness (QED) is 0.549. The zero-order valence-electron chi connectivity index (χ0n) is 12.1. The molecule has 0 atom stereocenters. The second-order valence-corrected chi connectivity index (χ2v) is 5.65. The van der Waals surface area contributed by atoms with E-state index in [0.29, 0.717) is 5.92 Å². The second kappa shape index (κ2) is 9.26. The van der Waals surface area contributed by atoms with E-state index in [4.69, 9.17) is 4.74 Å². The Morgan fingerprint density at radius 2 is 2.00 bits per heavy atom. The Bertz CT molecular complexity index is 372. The number of nitrogens with zero attached hydrogens (tertiary/aromatic N) is 2. The van der Waals surface area contributed by atoms with Gasteiger partial charge in [0.1, 0.15) is 16.2 Å². The van der Waals surface area contributed by atoms with Gasteiger partial charge in [-0.05, 0) is 28.8 Å². The summed E-state index contributed by atoms with van der Waals surface area (Å²) in [5.74, 6) is 2.06. The van der Waals surface area contributed by atoms with Gasteiger partial charge in [-0.25, -0.2) is 9.97 Å². The highest BCUT2D eigenvalue weighted by Gasteiger charge is 2.06. The lowest BCUT2D eigenvalue weighted by Crippen LogP contribution is -2.09. The van der Waals surface area contributed by atoms with E-state index in [-0.39, 0.29) is 0 Å². The summed E-state index contributed by atoms with van der Waals surface area (Å²) in [6.07, 6.45) is 3.32. The van der Waals surface area contributed by atoms with Crippen molar-refractivity contribution >= 4 is 21.7 Å². The summed E-state index contributed by atoms with van der Waals surface area (Å²) in [6.45, 7) is 8.89. The Hall–Kier alpha value is -0.680. The van der Waals surface area contributed by atoms with Crippen LogP contribution in [0.3, 0.4) is 0 Å². The zero-order chi connectivity index (χ0) is 14.1. The molecule has 108 valence electrons. The van der Waals surface area contributed by atoms with Gasteiger partial charge in [0.05, 0.1) is 0 Å². The third kappa shape index (κ3) is 6.87. The molecule has 0 bridgehead atoms. The van der Waals surface area contributed by atoms with E-state index in [1.165, 1.54) is 6.42 Å². The molecule has 0 saturated heterocycles. The molecule has 5 heteroatoms. The van der Waals surface area contributed by atoms with Crippen molar-refractivity contribution in [3.8, 4) is 0 Å². The van der Waals surface area contributed by atoms with Crippen molar-refractivity contribution in [1.29, 1.82) is 0 Å². The summed E-state index contributed by atoms with van der Waals surface area (Å²) in [6, 6.07) is 1.91. The fourth-order valence-electron chi connectivity index (χ4n) is 1.52. The van der Waals surface area contributed by atoms with Gasteiger partial charge in [0.15, 0.2) is 0 Å². The van der Waals surface area contributed by atoms with E-state index in [1.807, 2.05) is 6.07 Å². The van der Waals surface area contributed by atoms with Crippen molar-refractivity contribution in [2.24, 2.45) is 0 Å². The molecule has 0 aliphatic heterocycles. The molecule has 4 nitrogen and oxygen atoms in total. The first-order chi connectivity index (χ1) is 9.13. The number of halogens is 1. The SMILES string of the molecule is CCCCOCCCNc1cc(Br)nc(C(C)C)n1. The Balaban J connectivity index is 2.29. The van der Waals surface area contributed by atoms with Gasteiger partial charge in [-0.1, -0.05) is 27.2 Å². The third-order valence-corrected chi connectivity index (χ3v) is 3.05. The van der Waals surface area contributed by atoms with E-state index in [0.717, 1.165) is 48.8 Å². The van der Waals surface area contributed by atoms with Crippen LogP contribution in [0.1, 0.15) is 51.8 Å². The van der Waals surface area contributed by atoms with E-state index >= 15 is 0 Å². The first-order valence-corrected chi connectivity index (χ1v) is 7.79. The van der Waals surface area contributed by atoms with Gasteiger partial charge >= 0.3 is 0 Å². The summed E-state index contributed by atoms with van der Waals surface area (Å²) in [5, 5.41) is 3.31. The molecule has 1 aromatic rings. The summed E-state index contributed by atoms with van der Waals surface area (Å²) >= 11 is 3.42. The van der Waals surface area contributed by atoms with Crippen LogP contribution in [0.25, 0.3) is 0 Å². The lowest BCUT2D eigenvalue weighted by atomic mass is 10.2. The number of nitrogens with one attached hydrogen (secondary N) is 1. The fraction of sp³-hybridized carbons (Fsp3) is 0.714. The molecule has 0 aliphatic rings. The topological polar surface area (TPSA) is 47.0 Å². The normalized spacial score (nSPS) is 11.0. The van der Waals surface area contributed by atoms with Crippen molar-refractivity contribution in [3.63, 3.8) is 0 Å². The van der Waals surface area contributed by atoms with Crippen LogP contribution in [0.15, 0.2) is 10.7 Å². The van der Waals surface area contributed by atoms with E-state index < -0.39 is 0 Å². The lowest BCUT2D eigenvalue weighted by molar-refractivity contribution is 0.131. The highest BCUT2D eigenvalue weighted by atomic mass is 79.9. The number of hydrogen-bond donors (Lipinski definition) is 1. The molecule has 0 saturated carbocycles. The van der Waals surface area contributed by atoms with Crippen molar-refractivity contribution in [2.75, 3.05) is 25.1 Å². The van der Waals surface area contributed by atoms with Gasteiger partial charge in [0, 0.05) is 31.7 Å². The molecule has 1 heterocycles. The van der Waals surface area contributed by atoms with Gasteiger partial charge < -0.3 is 10.1 Å². The molecule has 0 radical (unpaired) electrons. The van der Waals surface area contributed by atoms with Gasteiger partial charge in [0.2, 0.25) is 0 Å². The summed E-state index contributed by atoms with van der Waals surface area (Å²) in [7, 11) is 0. The van der Waals surface area contributed by atoms with E-state index in [9.17, 15) is 0 Å². The monoisotopic (exact) mass is 329 g/mol. The largest absolute Gasteiger partial charge is 0.381 e. The molecule has 0 fully saturated rings. The van der Waals surface area contributed by atoms with Crippen LogP contribution in [-0.2, 0) is 4.74 Å². The number of unbranched alkanes of at least 4 members (excludes halogenated alkanes) is 1. The number of rotatable bonds is 9. The highest BCUT2D eigenvalue weighted by molar-refractivity contribution is 9.10. The standard InChI is InChI=1S/C14H24BrN3O/c1-4-5-8-19-9-6-7-16-13-10-12(15)17-14(18-13)11(2)3/h10-11H,4-9H2,1-3H3,(H,16,17,18). The molecule has 1 N–H and O–H groups in total. The number of aromatic nitrogens is 2. The summed E-state index contributed by atoms with van der Waals surface area (Å²) < 4.78 is 6.34. The molecular formula is C14H24BrN3O. The van der Waals surface area contributed by atoms with Crippen LogP contribution in [0.5, 0.6) is 0 Å². The number of ether oxygens (including phenoxy) is 1. The molecule has 0 unspecified atom stereocenters. The average molecular weight is 330 g/mol. The van der Waals surface area contributed by atoms with Crippen LogP contribution < -0.4 is 5.32 Å². The maximum absolute atomic E-state index is 5.52. The fourth-order valence-corrected chi connectivity index (χ4v) is 1.92. The van der Waals surface area contributed by atoms with Gasteiger partial charge in [-0.2, -0.15) is 0 Å². The van der Waals surface area contributed by atoms with Crippen molar-refractivity contribution in [2.45, 2.75) is 46.0 Å². The van der Waals surface area contributed by atoms with Crippen LogP contribution in [0, 0.1) is 0 Å². The number of anilines is 1. The van der Waals surface area contributed by atoms with Gasteiger partial charge in [-0.15, -0.1) is 0 Å². The maximum Gasteiger partial charge on any atom is 0.134 e. The molecule has 1 rings (SSSR count). The first kappa shape index (κ1) is 16.4. The van der Waals surface area contributed by atoms with E-state index in [2.05, 4.69) is 52.0 Å². The van der Waals surface area contributed by atoms with Crippen molar-refractivity contribution in [1.82, 2.24) is 9.97 Å². The third-order valence-electron chi connectivity index (χ3n) is 2.64. The molecule has 19 heavy (non-hydrogen) atoms. The Morgan fingerprint density at radius 1 is 1.26 bits per heavy atom. The molecular weight excluding hydrogens is 306 g/mol. The average Bonchev–Trinajstić information content (AvgIpc) is 2.37. The second-order valence-electron chi connectivity index (χ2n) is 4.84. The smallest absolute Gasteiger partial charge is 0.134 e. The summed E-state index contributed by atoms with van der Waals surface area (Å²) in [5.41, 5.74) is 0. The molecule has 0 aromatic carbocycles. The minimum Gasteiger partial charge on any atom is -0.381 e. The Morgan fingerprint density at radius 3 is 2.68 bits per heavy atom. The van der Waals surface area contributed by atoms with Crippen molar-refractivity contribution < 1.29 is 4.74 Å². The maximum atomic E-state index is 5.52. The Kier molecular flexibility index (Phi) is 7.98. The van der Waals surface area contributed by atoms with Gasteiger partial charge in [-0.3, -0.25) is 0 Å². The first-order valence-electron chi connectivity index (χ1n) is 6.99. The lowest BCUT2D eigenvalue weighted by Gasteiger charge is -2.09. The summed E-state index contributed by atoms with van der Waals surface area (Å²) in [4.78, 5) is 8.84.